The fraction of sp³-hybridized carbons (Fsp3) is 0.727. The van der Waals surface area contributed by atoms with Crippen molar-refractivity contribution in [1.82, 2.24) is 16.0 Å². The van der Waals surface area contributed by atoms with Gasteiger partial charge in [-0.3, -0.25) is 19.2 Å². The SMILES string of the molecule is CC(N)C(N)=O.CC(NC(=O)C(C)NC(=O)OC(C)(C)C)C(N)=O.CC(NC(=O)OC(C)(C)C)C(=O)O.Cl. The molecule has 10 N–H and O–H groups in total. The molecule has 0 radical (unpaired) electrons. The van der Waals surface area contributed by atoms with E-state index >= 15 is 0 Å². The molecule has 0 saturated heterocycles. The van der Waals surface area contributed by atoms with Crippen LogP contribution < -0.4 is 33.2 Å². The molecule has 0 heterocycles. The van der Waals surface area contributed by atoms with E-state index in [0.717, 1.165) is 0 Å². The summed E-state index contributed by atoms with van der Waals surface area (Å²) in [6.07, 6.45) is -1.42. The number of nitrogens with one attached hydrogen (secondary N) is 3. The highest BCUT2D eigenvalue weighted by Gasteiger charge is 2.23. The van der Waals surface area contributed by atoms with Crippen LogP contribution in [0.5, 0.6) is 0 Å². The summed E-state index contributed by atoms with van der Waals surface area (Å²) in [6.45, 7) is 16.1. The molecule has 15 nitrogen and oxygen atoms in total. The van der Waals surface area contributed by atoms with Crippen molar-refractivity contribution in [3.8, 4) is 0 Å². The molecular formula is C22H45ClN6O9. The molecule has 5 amide bonds. The van der Waals surface area contributed by atoms with E-state index in [1.807, 2.05) is 0 Å². The van der Waals surface area contributed by atoms with E-state index in [4.69, 9.17) is 26.0 Å². The minimum atomic E-state index is -1.09. The zero-order valence-electron chi connectivity index (χ0n) is 23.7. The fourth-order valence-electron chi connectivity index (χ4n) is 1.51. The van der Waals surface area contributed by atoms with Gasteiger partial charge in [-0.05, 0) is 69.2 Å². The number of carbonyl (C=O) groups excluding carboxylic acids is 5. The van der Waals surface area contributed by atoms with Crippen LogP contribution in [-0.4, -0.2) is 76.4 Å². The summed E-state index contributed by atoms with van der Waals surface area (Å²) < 4.78 is 9.83. The third-order valence-electron chi connectivity index (χ3n) is 3.46. The molecule has 0 bridgehead atoms. The number of nitrogens with two attached hydrogens (primary N) is 3. The van der Waals surface area contributed by atoms with Crippen LogP contribution in [0.4, 0.5) is 9.59 Å². The number of carboxylic acid groups (broad SMARTS) is 1. The van der Waals surface area contributed by atoms with Crippen molar-refractivity contribution in [3.63, 3.8) is 0 Å². The summed E-state index contributed by atoms with van der Waals surface area (Å²) in [6, 6.07) is -3.05. The van der Waals surface area contributed by atoms with Gasteiger partial charge in [0.05, 0.1) is 6.04 Å². The van der Waals surface area contributed by atoms with Crippen molar-refractivity contribution in [2.24, 2.45) is 17.2 Å². The second-order valence-corrected chi connectivity index (χ2v) is 9.90. The maximum absolute atomic E-state index is 11.6. The number of carboxylic acids is 1. The lowest BCUT2D eigenvalue weighted by Crippen LogP contribution is -2.51. The highest BCUT2D eigenvalue weighted by molar-refractivity contribution is 5.90. The van der Waals surface area contributed by atoms with Gasteiger partial charge >= 0.3 is 18.2 Å². The maximum Gasteiger partial charge on any atom is 0.408 e. The van der Waals surface area contributed by atoms with Gasteiger partial charge in [-0.2, -0.15) is 0 Å². The molecule has 224 valence electrons. The normalized spacial score (nSPS) is 13.4. The first-order chi connectivity index (χ1) is 16.4. The summed E-state index contributed by atoms with van der Waals surface area (Å²) >= 11 is 0. The van der Waals surface area contributed by atoms with Crippen LogP contribution in [0.3, 0.4) is 0 Å². The molecule has 0 rings (SSSR count). The second-order valence-electron chi connectivity index (χ2n) is 9.90. The Kier molecular flexibility index (Phi) is 20.7. The van der Waals surface area contributed by atoms with Gasteiger partial charge < -0.3 is 47.7 Å². The fourth-order valence-corrected chi connectivity index (χ4v) is 1.51. The summed E-state index contributed by atoms with van der Waals surface area (Å²) in [4.78, 5) is 64.8. The Morgan fingerprint density at radius 2 is 0.974 bits per heavy atom. The van der Waals surface area contributed by atoms with E-state index in [9.17, 15) is 28.8 Å². The third-order valence-corrected chi connectivity index (χ3v) is 3.46. The maximum atomic E-state index is 11.6. The number of primary amides is 2. The van der Waals surface area contributed by atoms with Crippen LogP contribution in [0.25, 0.3) is 0 Å². The van der Waals surface area contributed by atoms with Gasteiger partial charge in [0.2, 0.25) is 17.7 Å². The van der Waals surface area contributed by atoms with Crippen LogP contribution in [0.2, 0.25) is 0 Å². The van der Waals surface area contributed by atoms with E-state index in [1.165, 1.54) is 20.8 Å². The molecule has 0 fully saturated rings. The molecule has 4 atom stereocenters. The number of hydrogen-bond acceptors (Lipinski definition) is 9. The average Bonchev–Trinajstić information content (AvgIpc) is 2.65. The van der Waals surface area contributed by atoms with Crippen molar-refractivity contribution >= 4 is 48.3 Å². The van der Waals surface area contributed by atoms with Crippen molar-refractivity contribution in [2.75, 3.05) is 0 Å². The third kappa shape index (κ3) is 27.3. The predicted octanol–water partition coefficient (Wildman–Crippen LogP) is 0.115. The minimum absolute atomic E-state index is 0. The Morgan fingerprint density at radius 1 is 0.658 bits per heavy atom. The van der Waals surface area contributed by atoms with Crippen LogP contribution in [0.15, 0.2) is 0 Å². The lowest BCUT2D eigenvalue weighted by Gasteiger charge is -2.22. The molecule has 38 heavy (non-hydrogen) atoms. The van der Waals surface area contributed by atoms with Crippen molar-refractivity contribution in [3.05, 3.63) is 0 Å². The first-order valence-corrected chi connectivity index (χ1v) is 11.3. The Morgan fingerprint density at radius 3 is 1.21 bits per heavy atom. The van der Waals surface area contributed by atoms with Crippen LogP contribution in [0, 0.1) is 0 Å². The Balaban J connectivity index is -0.000000253. The zero-order valence-corrected chi connectivity index (χ0v) is 24.5. The quantitative estimate of drug-likeness (QED) is 0.216. The number of carbonyl (C=O) groups is 6. The van der Waals surface area contributed by atoms with Crippen molar-refractivity contribution in [2.45, 2.75) is 105 Å². The molecule has 0 aliphatic heterocycles. The molecule has 0 aromatic carbocycles. The topological polar surface area (TPSA) is 255 Å². The Labute approximate surface area is 229 Å². The van der Waals surface area contributed by atoms with Crippen LogP contribution in [0.1, 0.15) is 69.2 Å². The highest BCUT2D eigenvalue weighted by Crippen LogP contribution is 2.07. The molecular weight excluding hydrogens is 528 g/mol. The van der Waals surface area contributed by atoms with Crippen LogP contribution in [-0.2, 0) is 28.7 Å². The number of aliphatic carboxylic acids is 1. The number of ether oxygens (including phenoxy) is 2. The minimum Gasteiger partial charge on any atom is -0.480 e. The largest absolute Gasteiger partial charge is 0.480 e. The van der Waals surface area contributed by atoms with E-state index < -0.39 is 71.2 Å². The lowest BCUT2D eigenvalue weighted by molar-refractivity contribution is -0.139. The van der Waals surface area contributed by atoms with Gasteiger partial charge in [-0.15, -0.1) is 12.4 Å². The monoisotopic (exact) mass is 572 g/mol. The standard InChI is InChI=1S/C11H21N3O4.C8H15NO4.C3H8N2O.ClH/c1-6(8(12)15)13-9(16)7(2)14-10(17)18-11(3,4)5;1-5(6(10)11)9-7(12)13-8(2,3)4;1-2(4)3(5)6;/h6-7H,1-5H3,(H2,12,15)(H,13,16)(H,14,17);5H,1-4H3,(H,9,12)(H,10,11);2H,4H2,1H3,(H2,5,6);1H. The van der Waals surface area contributed by atoms with Gasteiger partial charge in [0.15, 0.2) is 0 Å². The summed E-state index contributed by atoms with van der Waals surface area (Å²) in [7, 11) is 0. The summed E-state index contributed by atoms with van der Waals surface area (Å²) in [5.74, 6) is -2.71. The Bertz CT molecular complexity index is 795. The molecule has 16 heteroatoms. The number of alkyl carbamates (subject to hydrolysis) is 2. The number of amides is 5. The van der Waals surface area contributed by atoms with Gasteiger partial charge in [0.1, 0.15) is 29.3 Å². The first kappa shape index (κ1) is 41.8. The van der Waals surface area contributed by atoms with E-state index in [1.54, 1.807) is 48.5 Å². The summed E-state index contributed by atoms with van der Waals surface area (Å²) in [5.41, 5.74) is 13.4. The van der Waals surface area contributed by atoms with E-state index in [2.05, 4.69) is 21.7 Å². The molecule has 0 aliphatic carbocycles. The van der Waals surface area contributed by atoms with E-state index in [0.29, 0.717) is 0 Å². The van der Waals surface area contributed by atoms with Crippen molar-refractivity contribution < 1.29 is 43.3 Å². The highest BCUT2D eigenvalue weighted by atomic mass is 35.5. The molecule has 0 aliphatic rings. The summed E-state index contributed by atoms with van der Waals surface area (Å²) in [5, 5.41) is 15.4. The first-order valence-electron chi connectivity index (χ1n) is 11.3. The van der Waals surface area contributed by atoms with Gasteiger partial charge in [-0.1, -0.05) is 0 Å². The zero-order chi connectivity index (χ0) is 30.3. The van der Waals surface area contributed by atoms with E-state index in [-0.39, 0.29) is 12.4 Å². The van der Waals surface area contributed by atoms with Crippen molar-refractivity contribution in [1.29, 1.82) is 0 Å². The number of halogens is 1. The van der Waals surface area contributed by atoms with Crippen LogP contribution >= 0.6 is 12.4 Å². The lowest BCUT2D eigenvalue weighted by atomic mass is 10.2. The predicted molar refractivity (Wildman–Crippen MR) is 142 cm³/mol. The molecule has 0 aromatic heterocycles. The molecule has 4 unspecified atom stereocenters. The smallest absolute Gasteiger partial charge is 0.408 e. The van der Waals surface area contributed by atoms with Gasteiger partial charge in [0, 0.05) is 0 Å². The molecule has 0 saturated carbocycles. The second kappa shape index (κ2) is 18.8. The molecule has 0 spiro atoms. The van der Waals surface area contributed by atoms with Gasteiger partial charge in [0.25, 0.3) is 0 Å². The molecule has 0 aromatic rings. The number of hydrogen-bond donors (Lipinski definition) is 7. The number of rotatable bonds is 7. The average molecular weight is 573 g/mol. The van der Waals surface area contributed by atoms with Gasteiger partial charge in [-0.25, -0.2) is 9.59 Å². The Hall–Kier alpha value is -3.33.